The van der Waals surface area contributed by atoms with Gasteiger partial charge in [0.15, 0.2) is 0 Å². The molecule has 3 aromatic carbocycles. The van der Waals surface area contributed by atoms with Gasteiger partial charge >= 0.3 is 0 Å². The number of para-hydroxylation sites is 2. The Bertz CT molecular complexity index is 1930. The molecule has 4 atom stereocenters. The van der Waals surface area contributed by atoms with Gasteiger partial charge in [-0.15, -0.1) is 5.92 Å². The summed E-state index contributed by atoms with van der Waals surface area (Å²) in [6, 6.07) is 24.6. The van der Waals surface area contributed by atoms with Crippen LogP contribution >= 0.6 is 7.37 Å². The van der Waals surface area contributed by atoms with Gasteiger partial charge in [0, 0.05) is 5.56 Å². The molecule has 0 fully saturated rings. The SMILES string of the molecule is C=C/C=C\C1=C(C=C)P(=O)(C(C(/C=C\C(=C)OC(C)C(C)(C#CC)COc2ccccc2)=C/C=C)c2ccc(OC)cc2)Oc2ccccc21. The molecule has 0 spiro atoms. The fourth-order valence-electron chi connectivity index (χ4n) is 5.66. The molecule has 1 heterocycles. The molecule has 0 amide bonds. The summed E-state index contributed by atoms with van der Waals surface area (Å²) in [6.07, 6.45) is 13.7. The van der Waals surface area contributed by atoms with Gasteiger partial charge in [0.25, 0.3) is 7.37 Å². The van der Waals surface area contributed by atoms with E-state index < -0.39 is 18.4 Å². The van der Waals surface area contributed by atoms with E-state index in [1.54, 1.807) is 38.3 Å². The van der Waals surface area contributed by atoms with Crippen LogP contribution in [0.2, 0.25) is 0 Å². The first-order chi connectivity index (χ1) is 24.1. The van der Waals surface area contributed by atoms with Crippen molar-refractivity contribution in [1.82, 2.24) is 0 Å². The van der Waals surface area contributed by atoms with Crippen LogP contribution in [0.5, 0.6) is 17.2 Å². The highest BCUT2D eigenvalue weighted by Gasteiger charge is 2.45. The minimum atomic E-state index is -3.79. The highest BCUT2D eigenvalue weighted by Crippen LogP contribution is 2.72. The van der Waals surface area contributed by atoms with Crippen molar-refractivity contribution in [2.45, 2.75) is 32.5 Å². The maximum atomic E-state index is 15.7. The zero-order valence-electron chi connectivity index (χ0n) is 29.3. The molecular weight excluding hydrogens is 639 g/mol. The zero-order valence-corrected chi connectivity index (χ0v) is 30.2. The van der Waals surface area contributed by atoms with Crippen LogP contribution in [0.25, 0.3) is 5.57 Å². The minimum Gasteiger partial charge on any atom is -0.497 e. The molecule has 0 aliphatic carbocycles. The molecule has 0 aromatic heterocycles. The number of methoxy groups -OCH3 is 1. The summed E-state index contributed by atoms with van der Waals surface area (Å²) in [5, 5.41) is 0.495. The molecule has 256 valence electrons. The van der Waals surface area contributed by atoms with E-state index in [2.05, 4.69) is 38.2 Å². The van der Waals surface area contributed by atoms with E-state index in [4.69, 9.17) is 18.7 Å². The Morgan fingerprint density at radius 1 is 0.960 bits per heavy atom. The monoisotopic (exact) mass is 684 g/mol. The second-order valence-corrected chi connectivity index (χ2v) is 14.2. The Kier molecular flexibility index (Phi) is 12.9. The van der Waals surface area contributed by atoms with E-state index in [1.165, 1.54) is 0 Å². The first-order valence-corrected chi connectivity index (χ1v) is 18.0. The Labute approximate surface area is 297 Å². The Morgan fingerprint density at radius 3 is 2.30 bits per heavy atom. The van der Waals surface area contributed by atoms with Gasteiger partial charge in [-0.25, -0.2) is 0 Å². The van der Waals surface area contributed by atoms with Crippen molar-refractivity contribution in [2.24, 2.45) is 5.41 Å². The van der Waals surface area contributed by atoms with Crippen molar-refractivity contribution in [2.75, 3.05) is 13.7 Å². The first kappa shape index (κ1) is 37.4. The van der Waals surface area contributed by atoms with Crippen molar-refractivity contribution in [1.29, 1.82) is 0 Å². The maximum Gasteiger partial charge on any atom is 0.289 e. The lowest BCUT2D eigenvalue weighted by atomic mass is 9.86. The third-order valence-electron chi connectivity index (χ3n) is 8.39. The van der Waals surface area contributed by atoms with Crippen LogP contribution in [0.4, 0.5) is 0 Å². The van der Waals surface area contributed by atoms with Gasteiger partial charge in [0.2, 0.25) is 0 Å². The molecule has 4 rings (SSSR count). The largest absolute Gasteiger partial charge is 0.497 e. The standard InChI is InChI=1S/C44H45O5P/c1-9-13-22-40-39-23-17-18-24-41(39)49-50(45,42(40)12-4)43(36-27-29-37(46-8)30-28-36)35(19-10-2)26-25-33(5)48-34(6)44(7,31-11-3)32-47-38-20-15-14-16-21-38/h9-10,12-30,34,43H,1-2,4-5,32H2,3,6-8H3/b22-13-,26-25-,35-19+. The number of ether oxygens (including phenoxy) is 3. The highest BCUT2D eigenvalue weighted by molar-refractivity contribution is 7.65. The first-order valence-electron chi connectivity index (χ1n) is 16.3. The second kappa shape index (κ2) is 17.3. The van der Waals surface area contributed by atoms with Crippen LogP contribution in [-0.4, -0.2) is 19.8 Å². The molecule has 5 nitrogen and oxygen atoms in total. The molecule has 0 saturated carbocycles. The molecule has 0 bridgehead atoms. The maximum absolute atomic E-state index is 15.7. The molecule has 4 unspecified atom stereocenters. The van der Waals surface area contributed by atoms with Crippen molar-refractivity contribution >= 4 is 12.9 Å². The van der Waals surface area contributed by atoms with Gasteiger partial charge in [0.1, 0.15) is 41.4 Å². The molecule has 1 aliphatic heterocycles. The number of allylic oxidation sites excluding steroid dienone is 11. The van der Waals surface area contributed by atoms with Gasteiger partial charge in [-0.05, 0) is 73.9 Å². The predicted molar refractivity (Wildman–Crippen MR) is 207 cm³/mol. The van der Waals surface area contributed by atoms with Crippen molar-refractivity contribution < 1.29 is 23.3 Å². The number of hydrogen-bond acceptors (Lipinski definition) is 5. The smallest absolute Gasteiger partial charge is 0.289 e. The Morgan fingerprint density at radius 2 is 1.66 bits per heavy atom. The van der Waals surface area contributed by atoms with E-state index in [0.29, 0.717) is 34.8 Å². The molecule has 6 heteroatoms. The van der Waals surface area contributed by atoms with Crippen molar-refractivity contribution in [3.05, 3.63) is 182 Å². The summed E-state index contributed by atoms with van der Waals surface area (Å²) in [4.78, 5) is 0. The highest BCUT2D eigenvalue weighted by atomic mass is 31.2. The van der Waals surface area contributed by atoms with Crippen LogP contribution in [0.15, 0.2) is 170 Å². The average Bonchev–Trinajstić information content (AvgIpc) is 3.12. The van der Waals surface area contributed by atoms with Gasteiger partial charge in [-0.1, -0.05) is 123 Å². The quantitative estimate of drug-likeness (QED) is 0.0651. The topological polar surface area (TPSA) is 54.0 Å². The number of benzene rings is 3. The second-order valence-electron chi connectivity index (χ2n) is 11.8. The zero-order chi connectivity index (χ0) is 36.1. The lowest BCUT2D eigenvalue weighted by Gasteiger charge is -2.35. The van der Waals surface area contributed by atoms with E-state index >= 15 is 4.57 Å². The van der Waals surface area contributed by atoms with Crippen LogP contribution in [0, 0.1) is 17.3 Å². The Hall–Kier alpha value is -5.43. The number of rotatable bonds is 16. The summed E-state index contributed by atoms with van der Waals surface area (Å²) < 4.78 is 40.1. The average molecular weight is 685 g/mol. The van der Waals surface area contributed by atoms with E-state index in [1.807, 2.05) is 117 Å². The summed E-state index contributed by atoms with van der Waals surface area (Å²) in [5.41, 5.74) is 1.58. The van der Waals surface area contributed by atoms with Crippen LogP contribution in [-0.2, 0) is 9.30 Å². The van der Waals surface area contributed by atoms with E-state index in [-0.39, 0.29) is 6.10 Å². The van der Waals surface area contributed by atoms with Crippen LogP contribution in [0.1, 0.15) is 37.6 Å². The summed E-state index contributed by atoms with van der Waals surface area (Å²) in [5.74, 6) is 8.64. The third-order valence-corrected chi connectivity index (χ3v) is 11.2. The van der Waals surface area contributed by atoms with Gasteiger partial charge in [-0.3, -0.25) is 4.57 Å². The lowest BCUT2D eigenvalue weighted by Crippen LogP contribution is -2.36. The summed E-state index contributed by atoms with van der Waals surface area (Å²) in [7, 11) is -2.19. The third kappa shape index (κ3) is 8.58. The van der Waals surface area contributed by atoms with Gasteiger partial charge in [-0.2, -0.15) is 0 Å². The van der Waals surface area contributed by atoms with Crippen molar-refractivity contribution in [3.8, 4) is 29.1 Å². The number of hydrogen-bond donors (Lipinski definition) is 0. The molecular formula is C44H45O5P. The molecule has 0 saturated heterocycles. The summed E-state index contributed by atoms with van der Waals surface area (Å²) >= 11 is 0. The van der Waals surface area contributed by atoms with Crippen LogP contribution < -0.4 is 14.0 Å². The van der Waals surface area contributed by atoms with E-state index in [9.17, 15) is 0 Å². The molecule has 1 aliphatic rings. The van der Waals surface area contributed by atoms with Crippen molar-refractivity contribution in [3.63, 3.8) is 0 Å². The van der Waals surface area contributed by atoms with Gasteiger partial charge < -0.3 is 18.7 Å². The number of fused-ring (bicyclic) bond motifs is 1. The molecule has 0 radical (unpaired) electrons. The fourth-order valence-corrected chi connectivity index (χ4v) is 8.51. The lowest BCUT2D eigenvalue weighted by molar-refractivity contribution is 0.0314. The van der Waals surface area contributed by atoms with E-state index in [0.717, 1.165) is 22.4 Å². The minimum absolute atomic E-state index is 0.318. The summed E-state index contributed by atoms with van der Waals surface area (Å²) in [6.45, 7) is 22.2. The fraction of sp³-hybridized carbons (Fsp3) is 0.182. The Balaban J connectivity index is 1.76. The van der Waals surface area contributed by atoms with Gasteiger partial charge in [0.05, 0.1) is 17.8 Å². The predicted octanol–water partition coefficient (Wildman–Crippen LogP) is 11.4. The van der Waals surface area contributed by atoms with Crippen LogP contribution in [0.3, 0.4) is 0 Å². The molecule has 3 aromatic rings. The molecule has 0 N–H and O–H groups in total. The molecule has 50 heavy (non-hydrogen) atoms. The normalized spacial score (nSPS) is 18.0.